The molecule has 0 amide bonds. The quantitative estimate of drug-likeness (QED) is 0.488. The lowest BCUT2D eigenvalue weighted by molar-refractivity contribution is 0.0438. The van der Waals surface area contributed by atoms with Crippen molar-refractivity contribution < 1.29 is 9.47 Å². The molecule has 1 saturated heterocycles. The van der Waals surface area contributed by atoms with Gasteiger partial charge in [-0.25, -0.2) is 0 Å². The Morgan fingerprint density at radius 2 is 1.89 bits per heavy atom. The van der Waals surface area contributed by atoms with E-state index in [0.717, 1.165) is 45.8 Å². The van der Waals surface area contributed by atoms with Gasteiger partial charge in [-0.2, -0.15) is 0 Å². The monoisotopic (exact) mass is 289 g/mol. The van der Waals surface area contributed by atoms with E-state index in [1.807, 2.05) is 0 Å². The summed E-state index contributed by atoms with van der Waals surface area (Å²) < 4.78 is 10.4. The third-order valence-corrected chi connectivity index (χ3v) is 3.82. The molecule has 0 bridgehead atoms. The van der Waals surface area contributed by atoms with Gasteiger partial charge in [0.1, 0.15) is 0 Å². The van der Waals surface area contributed by atoms with Gasteiger partial charge in [0.2, 0.25) is 0 Å². The Kier molecular flexibility index (Phi) is 8.48. The van der Waals surface area contributed by atoms with Crippen LogP contribution in [0.2, 0.25) is 0 Å². The van der Waals surface area contributed by atoms with Crippen LogP contribution in [-0.4, -0.2) is 80.5 Å². The van der Waals surface area contributed by atoms with Crippen LogP contribution in [0.4, 0.5) is 0 Å². The maximum atomic E-state index is 5.78. The van der Waals surface area contributed by atoms with Crippen LogP contribution < -0.4 is 5.73 Å². The largest absolute Gasteiger partial charge is 0.392 e. The lowest BCUT2D eigenvalue weighted by Gasteiger charge is -2.38. The van der Waals surface area contributed by atoms with Gasteiger partial charge in [0.15, 0.2) is 0 Å². The highest BCUT2D eigenvalue weighted by atomic mass is 32.1. The Balaban J connectivity index is 2.16. The highest BCUT2D eigenvalue weighted by molar-refractivity contribution is 7.80. The number of thiocarbonyl (C=S) groups is 1. The van der Waals surface area contributed by atoms with Crippen LogP contribution in [0.1, 0.15) is 13.3 Å². The van der Waals surface area contributed by atoms with Gasteiger partial charge in [-0.15, -0.1) is 0 Å². The third kappa shape index (κ3) is 6.14. The zero-order valence-corrected chi connectivity index (χ0v) is 13.0. The Morgan fingerprint density at radius 3 is 2.42 bits per heavy atom. The predicted molar refractivity (Wildman–Crippen MR) is 81.6 cm³/mol. The summed E-state index contributed by atoms with van der Waals surface area (Å²) in [7, 11) is 1.69. The van der Waals surface area contributed by atoms with Crippen molar-refractivity contribution in [3.8, 4) is 0 Å². The van der Waals surface area contributed by atoms with E-state index in [1.54, 1.807) is 7.11 Å². The van der Waals surface area contributed by atoms with Gasteiger partial charge in [-0.1, -0.05) is 19.1 Å². The molecule has 0 saturated carbocycles. The number of hydrogen-bond acceptors (Lipinski definition) is 5. The van der Waals surface area contributed by atoms with Gasteiger partial charge in [-0.3, -0.25) is 9.80 Å². The Bertz CT molecular complexity index is 258. The molecule has 1 aliphatic rings. The first kappa shape index (κ1) is 16.8. The fourth-order valence-corrected chi connectivity index (χ4v) is 2.69. The minimum atomic E-state index is 0.259. The first-order chi connectivity index (χ1) is 9.19. The molecule has 0 aromatic heterocycles. The van der Waals surface area contributed by atoms with Crippen LogP contribution >= 0.6 is 12.2 Å². The topological polar surface area (TPSA) is 51.0 Å². The van der Waals surface area contributed by atoms with Crippen LogP contribution in [0, 0.1) is 0 Å². The summed E-state index contributed by atoms with van der Waals surface area (Å²) in [6, 6.07) is 0.259. The second-order valence-electron chi connectivity index (χ2n) is 4.81. The minimum absolute atomic E-state index is 0.259. The molecule has 1 rings (SSSR count). The van der Waals surface area contributed by atoms with Crippen molar-refractivity contribution in [2.24, 2.45) is 5.73 Å². The highest BCUT2D eigenvalue weighted by Gasteiger charge is 2.23. The molecule has 1 aliphatic heterocycles. The molecule has 1 fully saturated rings. The number of ether oxygens (including phenoxy) is 2. The summed E-state index contributed by atoms with van der Waals surface area (Å²) in [5, 5.41) is 0. The zero-order chi connectivity index (χ0) is 14.1. The van der Waals surface area contributed by atoms with Crippen molar-refractivity contribution in [2.45, 2.75) is 19.4 Å². The Hall–Kier alpha value is -0.270. The van der Waals surface area contributed by atoms with Crippen molar-refractivity contribution in [1.82, 2.24) is 9.80 Å². The Morgan fingerprint density at radius 1 is 1.21 bits per heavy atom. The lowest BCUT2D eigenvalue weighted by atomic mass is 10.1. The summed E-state index contributed by atoms with van der Waals surface area (Å²) in [4.78, 5) is 5.44. The highest BCUT2D eigenvalue weighted by Crippen LogP contribution is 2.09. The van der Waals surface area contributed by atoms with Gasteiger partial charge < -0.3 is 15.2 Å². The van der Waals surface area contributed by atoms with Crippen LogP contribution in [0.25, 0.3) is 0 Å². The molecule has 2 N–H and O–H groups in total. The molecular formula is C13H27N3O2S. The SMILES string of the molecule is CCC(C(N)=S)N1CCN(CCOCCOC)CC1. The molecule has 0 aliphatic carbocycles. The molecule has 1 heterocycles. The lowest BCUT2D eigenvalue weighted by Crippen LogP contribution is -2.53. The normalized spacial score (nSPS) is 19.5. The molecule has 0 aromatic carbocycles. The number of nitrogens with two attached hydrogens (primary N) is 1. The number of hydrogen-bond donors (Lipinski definition) is 1. The minimum Gasteiger partial charge on any atom is -0.392 e. The maximum absolute atomic E-state index is 5.78. The molecular weight excluding hydrogens is 262 g/mol. The van der Waals surface area contributed by atoms with Crippen molar-refractivity contribution in [3.63, 3.8) is 0 Å². The van der Waals surface area contributed by atoms with Crippen molar-refractivity contribution >= 4 is 17.2 Å². The summed E-state index contributed by atoms with van der Waals surface area (Å²) in [6.07, 6.45) is 0.995. The number of rotatable bonds is 9. The van der Waals surface area contributed by atoms with E-state index in [4.69, 9.17) is 27.4 Å². The number of methoxy groups -OCH3 is 1. The van der Waals surface area contributed by atoms with Crippen LogP contribution in [0.3, 0.4) is 0 Å². The number of nitrogens with zero attached hydrogens (tertiary/aromatic N) is 2. The van der Waals surface area contributed by atoms with Crippen molar-refractivity contribution in [1.29, 1.82) is 0 Å². The van der Waals surface area contributed by atoms with E-state index in [0.29, 0.717) is 18.2 Å². The molecule has 5 nitrogen and oxygen atoms in total. The van der Waals surface area contributed by atoms with Crippen LogP contribution in [-0.2, 0) is 9.47 Å². The zero-order valence-electron chi connectivity index (χ0n) is 12.1. The van der Waals surface area contributed by atoms with Gasteiger partial charge >= 0.3 is 0 Å². The molecule has 0 spiro atoms. The molecule has 0 radical (unpaired) electrons. The molecule has 112 valence electrons. The predicted octanol–water partition coefficient (Wildman–Crippen LogP) is 0.332. The van der Waals surface area contributed by atoms with Crippen molar-refractivity contribution in [3.05, 3.63) is 0 Å². The Labute approximate surface area is 122 Å². The summed E-state index contributed by atoms with van der Waals surface area (Å²) in [5.41, 5.74) is 5.78. The van der Waals surface area contributed by atoms with E-state index in [1.165, 1.54) is 0 Å². The summed E-state index contributed by atoms with van der Waals surface area (Å²) >= 11 is 5.13. The molecule has 19 heavy (non-hydrogen) atoms. The fraction of sp³-hybridized carbons (Fsp3) is 0.923. The average Bonchev–Trinajstić information content (AvgIpc) is 2.40. The second kappa shape index (κ2) is 9.61. The van der Waals surface area contributed by atoms with Crippen LogP contribution in [0.15, 0.2) is 0 Å². The molecule has 0 aromatic rings. The van der Waals surface area contributed by atoms with Gasteiger partial charge in [0.25, 0.3) is 0 Å². The standard InChI is InChI=1S/C13H27N3O2S/c1-3-12(13(14)19)16-6-4-15(5-7-16)8-9-18-11-10-17-2/h12H,3-11H2,1-2H3,(H2,14,19). The van der Waals surface area contributed by atoms with E-state index in [-0.39, 0.29) is 6.04 Å². The maximum Gasteiger partial charge on any atom is 0.0901 e. The smallest absolute Gasteiger partial charge is 0.0901 e. The first-order valence-electron chi connectivity index (χ1n) is 7.01. The summed E-state index contributed by atoms with van der Waals surface area (Å²) in [6.45, 7) is 9.44. The molecule has 1 unspecified atom stereocenters. The van der Waals surface area contributed by atoms with E-state index in [2.05, 4.69) is 16.7 Å². The number of piperazine rings is 1. The summed E-state index contributed by atoms with van der Waals surface area (Å²) in [5.74, 6) is 0. The first-order valence-corrected chi connectivity index (χ1v) is 7.42. The van der Waals surface area contributed by atoms with E-state index in [9.17, 15) is 0 Å². The molecule has 1 atom stereocenters. The van der Waals surface area contributed by atoms with E-state index >= 15 is 0 Å². The van der Waals surface area contributed by atoms with Gasteiger partial charge in [0.05, 0.1) is 30.9 Å². The van der Waals surface area contributed by atoms with Gasteiger partial charge in [-0.05, 0) is 6.42 Å². The molecule has 6 heteroatoms. The van der Waals surface area contributed by atoms with Crippen LogP contribution in [0.5, 0.6) is 0 Å². The third-order valence-electron chi connectivity index (χ3n) is 3.55. The average molecular weight is 289 g/mol. The van der Waals surface area contributed by atoms with Gasteiger partial charge in [0, 0.05) is 39.8 Å². The fourth-order valence-electron chi connectivity index (χ4n) is 2.38. The second-order valence-corrected chi connectivity index (χ2v) is 5.28. The van der Waals surface area contributed by atoms with E-state index < -0.39 is 0 Å². The van der Waals surface area contributed by atoms with Crippen molar-refractivity contribution in [2.75, 3.05) is 59.7 Å².